The van der Waals surface area contributed by atoms with Gasteiger partial charge in [-0.05, 0) is 0 Å². The first-order valence-corrected chi connectivity index (χ1v) is 3.59. The minimum Gasteiger partial charge on any atom is -0.217 e. The molecular weight excluding hydrogens is 176 g/mol. The first-order chi connectivity index (χ1) is 5.81. The normalized spacial score (nSPS) is 10.0. The van der Waals surface area contributed by atoms with Crippen LogP contribution in [-0.2, 0) is 0 Å². The molecule has 4 nitrogen and oxygen atoms in total. The van der Waals surface area contributed by atoms with Crippen molar-refractivity contribution in [3.05, 3.63) is 29.2 Å². The van der Waals surface area contributed by atoms with Gasteiger partial charge in [0.05, 0.1) is 6.20 Å². The third-order valence-electron chi connectivity index (χ3n) is 1.44. The monoisotopic (exact) mass is 178 g/mol. The Morgan fingerprint density at radius 1 is 1.58 bits per heavy atom. The summed E-state index contributed by atoms with van der Waals surface area (Å²) in [6.45, 7) is 0. The molecule has 2 heterocycles. The third kappa shape index (κ3) is 0.917. The topological polar surface area (TPSA) is 54.0 Å². The highest BCUT2D eigenvalue weighted by molar-refractivity contribution is 6.29. The predicted molar refractivity (Wildman–Crippen MR) is 42.7 cm³/mol. The van der Waals surface area contributed by atoms with Gasteiger partial charge < -0.3 is 0 Å². The van der Waals surface area contributed by atoms with Crippen LogP contribution in [0.2, 0.25) is 5.15 Å². The van der Waals surface area contributed by atoms with Gasteiger partial charge in [0, 0.05) is 12.1 Å². The minimum absolute atomic E-state index is 0.305. The van der Waals surface area contributed by atoms with E-state index in [9.17, 15) is 0 Å². The second-order valence-corrected chi connectivity index (χ2v) is 2.56. The molecule has 0 fully saturated rings. The van der Waals surface area contributed by atoms with Crippen LogP contribution in [0.15, 0.2) is 18.3 Å². The molecule has 0 N–H and O–H groups in total. The quantitative estimate of drug-likeness (QED) is 0.571. The number of nitrogens with zero attached hydrogens (tertiary/aromatic N) is 4. The molecule has 2 rings (SSSR count). The van der Waals surface area contributed by atoms with Crippen LogP contribution in [-0.4, -0.2) is 14.6 Å². The summed E-state index contributed by atoms with van der Waals surface area (Å²) in [5, 5.41) is 12.9. The summed E-state index contributed by atoms with van der Waals surface area (Å²) in [5.41, 5.74) is 0.967. The van der Waals surface area contributed by atoms with E-state index >= 15 is 0 Å². The highest BCUT2D eigenvalue weighted by Gasteiger charge is 2.02. The van der Waals surface area contributed by atoms with Gasteiger partial charge >= 0.3 is 0 Å². The predicted octanol–water partition coefficient (Wildman–Crippen LogP) is 1.25. The molecule has 0 aromatic carbocycles. The number of hydrogen-bond donors (Lipinski definition) is 0. The Bertz CT molecular complexity index is 468. The maximum absolute atomic E-state index is 8.68. The van der Waals surface area contributed by atoms with Gasteiger partial charge in [0.2, 0.25) is 0 Å². The molecule has 0 bridgehead atoms. The maximum atomic E-state index is 8.68. The molecule has 2 aromatic heterocycles. The molecule has 5 heteroatoms. The Morgan fingerprint density at radius 2 is 2.42 bits per heavy atom. The van der Waals surface area contributed by atoms with Crippen LogP contribution in [0.4, 0.5) is 0 Å². The Labute approximate surface area is 73.0 Å². The molecule has 0 amide bonds. The van der Waals surface area contributed by atoms with E-state index in [2.05, 4.69) is 10.1 Å². The molecule has 0 atom stereocenters. The minimum atomic E-state index is 0.305. The molecule has 0 aliphatic heterocycles. The molecule has 0 saturated heterocycles. The van der Waals surface area contributed by atoms with Crippen LogP contribution in [0.25, 0.3) is 5.65 Å². The van der Waals surface area contributed by atoms with Crippen LogP contribution in [0.5, 0.6) is 0 Å². The van der Waals surface area contributed by atoms with Crippen LogP contribution < -0.4 is 0 Å². The van der Waals surface area contributed by atoms with Crippen molar-refractivity contribution in [1.29, 1.82) is 5.26 Å². The van der Waals surface area contributed by atoms with E-state index in [1.165, 1.54) is 10.6 Å². The van der Waals surface area contributed by atoms with Gasteiger partial charge in [-0.2, -0.15) is 10.4 Å². The average Bonchev–Trinajstić information content (AvgIpc) is 2.50. The summed E-state index contributed by atoms with van der Waals surface area (Å²) in [6.07, 6.45) is 1.57. The fourth-order valence-corrected chi connectivity index (χ4v) is 1.15. The highest BCUT2D eigenvalue weighted by atomic mass is 35.5. The van der Waals surface area contributed by atoms with E-state index in [1.54, 1.807) is 12.3 Å². The van der Waals surface area contributed by atoms with Crippen molar-refractivity contribution in [3.63, 3.8) is 0 Å². The molecular formula is C7H3ClN4. The molecule has 2 aromatic rings. The van der Waals surface area contributed by atoms with Crippen molar-refractivity contribution < 1.29 is 0 Å². The Morgan fingerprint density at radius 3 is 3.17 bits per heavy atom. The van der Waals surface area contributed by atoms with Gasteiger partial charge in [0.25, 0.3) is 0 Å². The summed E-state index contributed by atoms with van der Waals surface area (Å²) in [4.78, 5) is 3.96. The van der Waals surface area contributed by atoms with Crippen molar-refractivity contribution in [2.24, 2.45) is 0 Å². The Kier molecular flexibility index (Phi) is 1.45. The second-order valence-electron chi connectivity index (χ2n) is 2.18. The molecule has 12 heavy (non-hydrogen) atoms. The SMILES string of the molecule is N#Cc1cc(Cl)nc2ccnn12. The van der Waals surface area contributed by atoms with E-state index in [0.29, 0.717) is 16.5 Å². The van der Waals surface area contributed by atoms with Gasteiger partial charge in [-0.1, -0.05) is 11.6 Å². The van der Waals surface area contributed by atoms with E-state index in [-0.39, 0.29) is 0 Å². The van der Waals surface area contributed by atoms with Gasteiger partial charge in [-0.25, -0.2) is 9.50 Å². The van der Waals surface area contributed by atoms with Gasteiger partial charge in [0.15, 0.2) is 5.65 Å². The summed E-state index contributed by atoms with van der Waals surface area (Å²) < 4.78 is 1.44. The highest BCUT2D eigenvalue weighted by Crippen LogP contribution is 2.09. The van der Waals surface area contributed by atoms with E-state index in [4.69, 9.17) is 16.9 Å². The van der Waals surface area contributed by atoms with Crippen LogP contribution >= 0.6 is 11.6 Å². The molecule has 0 saturated carbocycles. The van der Waals surface area contributed by atoms with Crippen LogP contribution in [0, 0.1) is 11.3 Å². The fourth-order valence-electron chi connectivity index (χ4n) is 0.962. The van der Waals surface area contributed by atoms with Gasteiger partial charge in [-0.3, -0.25) is 0 Å². The summed E-state index contributed by atoms with van der Waals surface area (Å²) in [5.74, 6) is 0. The standard InChI is InChI=1S/C7H3ClN4/c8-6-3-5(4-9)12-7(11-6)1-2-10-12/h1-3H. The fraction of sp³-hybridized carbons (Fsp3) is 0. The van der Waals surface area contributed by atoms with Crippen molar-refractivity contribution in [3.8, 4) is 6.07 Å². The number of halogens is 1. The second kappa shape index (κ2) is 2.47. The van der Waals surface area contributed by atoms with Crippen molar-refractivity contribution >= 4 is 17.2 Å². The Hall–Kier alpha value is -1.60. The summed E-state index contributed by atoms with van der Waals surface area (Å²) >= 11 is 5.66. The van der Waals surface area contributed by atoms with Gasteiger partial charge in [0.1, 0.15) is 16.9 Å². The maximum Gasteiger partial charge on any atom is 0.158 e. The smallest absolute Gasteiger partial charge is 0.158 e. The zero-order valence-electron chi connectivity index (χ0n) is 5.90. The molecule has 0 aliphatic rings. The summed E-state index contributed by atoms with van der Waals surface area (Å²) in [6, 6.07) is 5.13. The summed E-state index contributed by atoms with van der Waals surface area (Å²) in [7, 11) is 0. The van der Waals surface area contributed by atoms with E-state index in [1.807, 2.05) is 6.07 Å². The number of fused-ring (bicyclic) bond motifs is 1. The number of rotatable bonds is 0. The van der Waals surface area contributed by atoms with Crippen molar-refractivity contribution in [2.75, 3.05) is 0 Å². The van der Waals surface area contributed by atoms with Crippen LogP contribution in [0.3, 0.4) is 0 Å². The number of nitriles is 1. The van der Waals surface area contributed by atoms with Crippen molar-refractivity contribution in [2.45, 2.75) is 0 Å². The van der Waals surface area contributed by atoms with Crippen LogP contribution in [0.1, 0.15) is 5.69 Å². The lowest BCUT2D eigenvalue weighted by Gasteiger charge is -1.95. The molecule has 0 unspecified atom stereocenters. The average molecular weight is 179 g/mol. The molecule has 0 spiro atoms. The largest absolute Gasteiger partial charge is 0.217 e. The molecule has 58 valence electrons. The van der Waals surface area contributed by atoms with E-state index < -0.39 is 0 Å². The lowest BCUT2D eigenvalue weighted by atomic mass is 10.4. The molecule has 0 radical (unpaired) electrons. The zero-order chi connectivity index (χ0) is 8.55. The first kappa shape index (κ1) is 7.07. The number of hydrogen-bond acceptors (Lipinski definition) is 3. The first-order valence-electron chi connectivity index (χ1n) is 3.21. The lowest BCUT2D eigenvalue weighted by molar-refractivity contribution is 0.920. The number of aromatic nitrogens is 3. The molecule has 0 aliphatic carbocycles. The lowest BCUT2D eigenvalue weighted by Crippen LogP contribution is -1.95. The van der Waals surface area contributed by atoms with Gasteiger partial charge in [-0.15, -0.1) is 0 Å². The third-order valence-corrected chi connectivity index (χ3v) is 1.64. The van der Waals surface area contributed by atoms with E-state index in [0.717, 1.165) is 0 Å². The Balaban J connectivity index is 2.91. The zero-order valence-corrected chi connectivity index (χ0v) is 6.65. The van der Waals surface area contributed by atoms with Crippen molar-refractivity contribution in [1.82, 2.24) is 14.6 Å².